The highest BCUT2D eigenvalue weighted by atomic mass is 19.1. The van der Waals surface area contributed by atoms with Crippen LogP contribution in [-0.4, -0.2) is 20.9 Å². The van der Waals surface area contributed by atoms with Crippen LogP contribution in [0.5, 0.6) is 0 Å². The Morgan fingerprint density at radius 1 is 1.04 bits per heavy atom. The lowest BCUT2D eigenvalue weighted by molar-refractivity contribution is 0.102. The average molecular weight is 332 g/mol. The summed E-state index contributed by atoms with van der Waals surface area (Å²) in [7, 11) is 0. The Kier molecular flexibility index (Phi) is 3.70. The van der Waals surface area contributed by atoms with Crippen molar-refractivity contribution in [2.45, 2.75) is 0 Å². The van der Waals surface area contributed by atoms with Crippen LogP contribution in [0.3, 0.4) is 0 Å². The molecule has 6 heteroatoms. The van der Waals surface area contributed by atoms with Crippen LogP contribution in [0, 0.1) is 5.82 Å². The number of hydrogen-bond acceptors (Lipinski definition) is 3. The van der Waals surface area contributed by atoms with E-state index in [-0.39, 0.29) is 5.91 Å². The Bertz CT molecular complexity index is 1060. The number of pyridine rings is 2. The SMILES string of the molecule is O=C(Nc1cncc(F)c1)c1c[nH]c2ncc(-c3ccccc3)cc12. The van der Waals surface area contributed by atoms with Crippen molar-refractivity contribution in [2.75, 3.05) is 5.32 Å². The number of amides is 1. The molecule has 0 aliphatic rings. The van der Waals surface area contributed by atoms with Gasteiger partial charge in [0.05, 0.1) is 23.6 Å². The molecule has 0 saturated heterocycles. The van der Waals surface area contributed by atoms with Gasteiger partial charge in [-0.25, -0.2) is 9.37 Å². The molecule has 0 aliphatic heterocycles. The van der Waals surface area contributed by atoms with Gasteiger partial charge >= 0.3 is 0 Å². The molecule has 0 radical (unpaired) electrons. The molecule has 4 aromatic rings. The topological polar surface area (TPSA) is 70.7 Å². The van der Waals surface area contributed by atoms with Crippen LogP contribution in [0.25, 0.3) is 22.2 Å². The summed E-state index contributed by atoms with van der Waals surface area (Å²) in [6.45, 7) is 0. The van der Waals surface area contributed by atoms with Gasteiger partial charge in [-0.15, -0.1) is 0 Å². The predicted octanol–water partition coefficient (Wildman–Crippen LogP) is 4.02. The number of carbonyl (C=O) groups excluding carboxylic acids is 1. The van der Waals surface area contributed by atoms with Crippen LogP contribution >= 0.6 is 0 Å². The van der Waals surface area contributed by atoms with Gasteiger partial charge in [-0.1, -0.05) is 30.3 Å². The molecular weight excluding hydrogens is 319 g/mol. The molecule has 0 saturated carbocycles. The fourth-order valence-corrected chi connectivity index (χ4v) is 2.66. The van der Waals surface area contributed by atoms with Crippen molar-refractivity contribution in [3.8, 4) is 11.1 Å². The zero-order chi connectivity index (χ0) is 17.2. The second kappa shape index (κ2) is 6.16. The van der Waals surface area contributed by atoms with Crippen LogP contribution < -0.4 is 5.32 Å². The Balaban J connectivity index is 1.71. The molecule has 0 spiro atoms. The van der Waals surface area contributed by atoms with E-state index in [0.29, 0.717) is 22.3 Å². The first-order valence-corrected chi connectivity index (χ1v) is 7.65. The van der Waals surface area contributed by atoms with Gasteiger partial charge in [0.25, 0.3) is 5.91 Å². The average Bonchev–Trinajstić information content (AvgIpc) is 3.06. The zero-order valence-corrected chi connectivity index (χ0v) is 13.0. The van der Waals surface area contributed by atoms with Gasteiger partial charge in [-0.3, -0.25) is 9.78 Å². The zero-order valence-electron chi connectivity index (χ0n) is 13.0. The van der Waals surface area contributed by atoms with Crippen LogP contribution in [0.2, 0.25) is 0 Å². The Morgan fingerprint density at radius 2 is 1.88 bits per heavy atom. The number of nitrogens with zero attached hydrogens (tertiary/aromatic N) is 2. The Morgan fingerprint density at radius 3 is 2.68 bits per heavy atom. The molecule has 3 heterocycles. The molecule has 0 aliphatic carbocycles. The largest absolute Gasteiger partial charge is 0.345 e. The first-order valence-electron chi connectivity index (χ1n) is 7.65. The number of hydrogen-bond donors (Lipinski definition) is 2. The minimum Gasteiger partial charge on any atom is -0.345 e. The maximum Gasteiger partial charge on any atom is 0.257 e. The first-order chi connectivity index (χ1) is 12.2. The van der Waals surface area contributed by atoms with E-state index in [0.717, 1.165) is 17.3 Å². The molecule has 2 N–H and O–H groups in total. The van der Waals surface area contributed by atoms with Crippen LogP contribution in [-0.2, 0) is 0 Å². The summed E-state index contributed by atoms with van der Waals surface area (Å²) in [6.07, 6.45) is 5.82. The summed E-state index contributed by atoms with van der Waals surface area (Å²) in [4.78, 5) is 23.6. The van der Waals surface area contributed by atoms with E-state index in [1.807, 2.05) is 36.4 Å². The van der Waals surface area contributed by atoms with E-state index in [2.05, 4.69) is 20.3 Å². The Labute approximate surface area is 142 Å². The summed E-state index contributed by atoms with van der Waals surface area (Å²) in [6, 6.07) is 12.9. The van der Waals surface area contributed by atoms with E-state index >= 15 is 0 Å². The lowest BCUT2D eigenvalue weighted by Gasteiger charge is -2.05. The van der Waals surface area contributed by atoms with Crippen molar-refractivity contribution >= 4 is 22.6 Å². The van der Waals surface area contributed by atoms with E-state index in [9.17, 15) is 9.18 Å². The minimum atomic E-state index is -0.509. The molecule has 4 rings (SSSR count). The van der Waals surface area contributed by atoms with E-state index in [1.165, 1.54) is 12.3 Å². The quantitative estimate of drug-likeness (QED) is 0.595. The van der Waals surface area contributed by atoms with Gasteiger partial charge in [0.1, 0.15) is 11.5 Å². The van der Waals surface area contributed by atoms with E-state index in [1.54, 1.807) is 12.4 Å². The number of nitrogens with one attached hydrogen (secondary N) is 2. The molecule has 25 heavy (non-hydrogen) atoms. The van der Waals surface area contributed by atoms with Crippen LogP contribution in [0.15, 0.2) is 67.3 Å². The maximum absolute atomic E-state index is 13.2. The predicted molar refractivity (Wildman–Crippen MR) is 93.7 cm³/mol. The molecule has 122 valence electrons. The van der Waals surface area contributed by atoms with Crippen molar-refractivity contribution in [1.29, 1.82) is 0 Å². The number of halogens is 1. The highest BCUT2D eigenvalue weighted by Crippen LogP contribution is 2.25. The van der Waals surface area contributed by atoms with E-state index in [4.69, 9.17) is 0 Å². The standard InChI is InChI=1S/C19H13FN4O/c20-14-7-15(10-21-9-14)24-19(25)17-11-23-18-16(17)6-13(8-22-18)12-4-2-1-3-5-12/h1-11H,(H,22,23)(H,24,25). The molecule has 0 fully saturated rings. The molecule has 3 aromatic heterocycles. The fraction of sp³-hybridized carbons (Fsp3) is 0. The number of carbonyl (C=O) groups is 1. The summed E-state index contributed by atoms with van der Waals surface area (Å²) >= 11 is 0. The maximum atomic E-state index is 13.2. The number of aromatic nitrogens is 3. The molecule has 0 bridgehead atoms. The molecule has 1 aromatic carbocycles. The van der Waals surface area contributed by atoms with Gasteiger partial charge in [-0.2, -0.15) is 0 Å². The second-order valence-electron chi connectivity index (χ2n) is 5.53. The van der Waals surface area contributed by atoms with Crippen molar-refractivity contribution in [2.24, 2.45) is 0 Å². The smallest absolute Gasteiger partial charge is 0.257 e. The molecule has 1 amide bonds. The van der Waals surface area contributed by atoms with Crippen LogP contribution in [0.4, 0.5) is 10.1 Å². The van der Waals surface area contributed by atoms with Gasteiger partial charge < -0.3 is 10.3 Å². The monoisotopic (exact) mass is 332 g/mol. The summed E-state index contributed by atoms with van der Waals surface area (Å²) in [5.74, 6) is -0.865. The van der Waals surface area contributed by atoms with E-state index < -0.39 is 5.82 Å². The molecule has 5 nitrogen and oxygen atoms in total. The second-order valence-corrected chi connectivity index (χ2v) is 5.53. The third-order valence-electron chi connectivity index (χ3n) is 3.85. The highest BCUT2D eigenvalue weighted by Gasteiger charge is 2.14. The number of aromatic amines is 1. The number of anilines is 1. The third kappa shape index (κ3) is 2.97. The van der Waals surface area contributed by atoms with Crippen molar-refractivity contribution < 1.29 is 9.18 Å². The normalized spacial score (nSPS) is 10.8. The van der Waals surface area contributed by atoms with Crippen molar-refractivity contribution in [1.82, 2.24) is 15.0 Å². The van der Waals surface area contributed by atoms with Gasteiger partial charge in [0.15, 0.2) is 0 Å². The number of benzene rings is 1. The number of rotatable bonds is 3. The van der Waals surface area contributed by atoms with Crippen molar-refractivity contribution in [3.63, 3.8) is 0 Å². The lowest BCUT2D eigenvalue weighted by atomic mass is 10.1. The van der Waals surface area contributed by atoms with Gasteiger partial charge in [0, 0.05) is 29.4 Å². The van der Waals surface area contributed by atoms with Crippen LogP contribution in [0.1, 0.15) is 10.4 Å². The third-order valence-corrected chi connectivity index (χ3v) is 3.85. The number of H-pyrrole nitrogens is 1. The van der Waals surface area contributed by atoms with Gasteiger partial charge in [0.2, 0.25) is 0 Å². The first kappa shape index (κ1) is 15.0. The highest BCUT2D eigenvalue weighted by molar-refractivity contribution is 6.12. The summed E-state index contributed by atoms with van der Waals surface area (Å²) in [5.41, 5.74) is 3.27. The van der Waals surface area contributed by atoms with Crippen molar-refractivity contribution in [3.05, 3.63) is 78.6 Å². The summed E-state index contributed by atoms with van der Waals surface area (Å²) in [5, 5.41) is 3.34. The summed E-state index contributed by atoms with van der Waals surface area (Å²) < 4.78 is 13.2. The minimum absolute atomic E-state index is 0.298. The molecule has 0 unspecified atom stereocenters. The fourth-order valence-electron chi connectivity index (χ4n) is 2.66. The van der Waals surface area contributed by atoms with Gasteiger partial charge in [-0.05, 0) is 11.6 Å². The molecular formula is C19H13FN4O. The lowest BCUT2D eigenvalue weighted by Crippen LogP contribution is -2.11. The number of fused-ring (bicyclic) bond motifs is 1. The molecule has 0 atom stereocenters. The Hall–Kier alpha value is -3.54.